The van der Waals surface area contributed by atoms with Gasteiger partial charge in [0.2, 0.25) is 0 Å². The molecule has 1 aliphatic heterocycles. The van der Waals surface area contributed by atoms with Crippen LogP contribution in [0, 0.1) is 0 Å². The number of anilines is 4. The standard InChI is InChI=1S/C19H22N4O3S.Na.H/c1-22(2)11-5-6-14-15(8-11)27-16-9-12(23(3)4)7-13(18(16)21-14)19(26)20-10-17(24)25;;/h5-9,21H,10H2,1-4H3,(H,20,26)(H,24,25);;. The number of amides is 1. The third kappa shape index (κ3) is 4.75. The van der Waals surface area contributed by atoms with Gasteiger partial charge < -0.3 is 25.5 Å². The van der Waals surface area contributed by atoms with E-state index < -0.39 is 18.4 Å². The summed E-state index contributed by atoms with van der Waals surface area (Å²) in [4.78, 5) is 29.4. The first-order valence-corrected chi connectivity index (χ1v) is 9.19. The second kappa shape index (κ2) is 9.09. The van der Waals surface area contributed by atoms with Crippen LogP contribution in [-0.4, -0.2) is 81.3 Å². The Balaban J connectivity index is 0.00000280. The van der Waals surface area contributed by atoms with Crippen LogP contribution in [0.25, 0.3) is 0 Å². The van der Waals surface area contributed by atoms with Crippen LogP contribution in [0.4, 0.5) is 22.7 Å². The van der Waals surface area contributed by atoms with Gasteiger partial charge in [-0.05, 0) is 30.3 Å². The summed E-state index contributed by atoms with van der Waals surface area (Å²) in [5, 5.41) is 14.6. The molecular formula is C19H23N4NaO3S. The van der Waals surface area contributed by atoms with Crippen LogP contribution in [0.1, 0.15) is 10.4 Å². The molecule has 2 aromatic carbocycles. The van der Waals surface area contributed by atoms with Gasteiger partial charge in [-0.2, -0.15) is 0 Å². The van der Waals surface area contributed by atoms with Gasteiger partial charge in [-0.25, -0.2) is 0 Å². The van der Waals surface area contributed by atoms with Crippen molar-refractivity contribution in [2.24, 2.45) is 0 Å². The van der Waals surface area contributed by atoms with E-state index in [1.807, 2.05) is 56.2 Å². The predicted molar refractivity (Wildman–Crippen MR) is 116 cm³/mol. The monoisotopic (exact) mass is 410 g/mol. The van der Waals surface area contributed by atoms with Gasteiger partial charge >= 0.3 is 35.5 Å². The van der Waals surface area contributed by atoms with E-state index in [4.69, 9.17) is 5.11 Å². The number of rotatable bonds is 5. The van der Waals surface area contributed by atoms with Crippen molar-refractivity contribution in [2.45, 2.75) is 9.79 Å². The molecule has 0 saturated carbocycles. The summed E-state index contributed by atoms with van der Waals surface area (Å²) in [6.45, 7) is -0.421. The molecule has 2 aromatic rings. The molecular weight excluding hydrogens is 387 g/mol. The fourth-order valence-corrected chi connectivity index (χ4v) is 3.82. The Morgan fingerprint density at radius 2 is 1.68 bits per heavy atom. The third-order valence-electron chi connectivity index (χ3n) is 4.21. The molecule has 1 amide bonds. The van der Waals surface area contributed by atoms with Crippen molar-refractivity contribution < 1.29 is 14.7 Å². The SMILES string of the molecule is CN(C)c1ccc2c(c1)Sc1cc(N(C)C)cc(C(=O)NCC(=O)O)c1N2.[NaH]. The maximum absolute atomic E-state index is 12.6. The van der Waals surface area contributed by atoms with E-state index in [1.54, 1.807) is 17.8 Å². The molecule has 3 rings (SSSR count). The van der Waals surface area contributed by atoms with Crippen LogP contribution in [0.2, 0.25) is 0 Å². The molecule has 0 saturated heterocycles. The molecule has 0 fully saturated rings. The molecule has 0 spiro atoms. The molecule has 0 unspecified atom stereocenters. The van der Waals surface area contributed by atoms with Crippen LogP contribution in [0.3, 0.4) is 0 Å². The number of nitrogens with zero attached hydrogens (tertiary/aromatic N) is 2. The number of carboxylic acid groups (broad SMARTS) is 1. The number of nitrogens with one attached hydrogen (secondary N) is 2. The van der Waals surface area contributed by atoms with Gasteiger partial charge in [-0.15, -0.1) is 0 Å². The Morgan fingerprint density at radius 3 is 2.29 bits per heavy atom. The van der Waals surface area contributed by atoms with Gasteiger partial charge in [0.15, 0.2) is 0 Å². The Labute approximate surface area is 190 Å². The molecule has 144 valence electrons. The third-order valence-corrected chi connectivity index (χ3v) is 5.31. The topological polar surface area (TPSA) is 84.9 Å². The molecule has 1 heterocycles. The first-order chi connectivity index (χ1) is 12.8. The van der Waals surface area contributed by atoms with Crippen LogP contribution in [-0.2, 0) is 4.79 Å². The van der Waals surface area contributed by atoms with Gasteiger partial charge in [0.05, 0.1) is 16.9 Å². The number of aliphatic carboxylic acids is 1. The maximum atomic E-state index is 12.6. The second-order valence-corrected chi connectivity index (χ2v) is 7.72. The average Bonchev–Trinajstić information content (AvgIpc) is 2.62. The van der Waals surface area contributed by atoms with Crippen molar-refractivity contribution in [3.63, 3.8) is 0 Å². The van der Waals surface area contributed by atoms with Crippen molar-refractivity contribution in [2.75, 3.05) is 49.9 Å². The minimum atomic E-state index is -1.08. The van der Waals surface area contributed by atoms with Gasteiger partial charge in [-0.3, -0.25) is 9.59 Å². The van der Waals surface area contributed by atoms with Crippen molar-refractivity contribution in [1.29, 1.82) is 0 Å². The molecule has 1 aliphatic rings. The summed E-state index contributed by atoms with van der Waals surface area (Å²) in [5.41, 5.74) is 4.00. The van der Waals surface area contributed by atoms with Crippen LogP contribution in [0.5, 0.6) is 0 Å². The number of hydrogen-bond acceptors (Lipinski definition) is 6. The van der Waals surface area contributed by atoms with E-state index in [-0.39, 0.29) is 29.6 Å². The molecule has 0 atom stereocenters. The number of carboxylic acids is 1. The number of carbonyl (C=O) groups is 2. The molecule has 0 aromatic heterocycles. The van der Waals surface area contributed by atoms with Crippen molar-refractivity contribution >= 4 is 75.9 Å². The number of carbonyl (C=O) groups excluding carboxylic acids is 1. The zero-order valence-corrected chi connectivity index (χ0v) is 16.5. The van der Waals surface area contributed by atoms with Crippen molar-refractivity contribution in [3.8, 4) is 0 Å². The predicted octanol–water partition coefficient (Wildman–Crippen LogP) is 2.19. The normalized spacial score (nSPS) is 11.3. The molecule has 3 N–H and O–H groups in total. The number of fused-ring (bicyclic) bond motifs is 2. The Hall–Kier alpha value is -1.87. The van der Waals surface area contributed by atoms with E-state index >= 15 is 0 Å². The first-order valence-electron chi connectivity index (χ1n) is 8.38. The summed E-state index contributed by atoms with van der Waals surface area (Å²) < 4.78 is 0. The van der Waals surface area contributed by atoms with Crippen LogP contribution < -0.4 is 20.4 Å². The molecule has 0 bridgehead atoms. The van der Waals surface area contributed by atoms with E-state index in [1.165, 1.54) is 0 Å². The summed E-state index contributed by atoms with van der Waals surface area (Å²) in [6, 6.07) is 9.88. The molecule has 28 heavy (non-hydrogen) atoms. The zero-order valence-electron chi connectivity index (χ0n) is 15.7. The summed E-state index contributed by atoms with van der Waals surface area (Å²) >= 11 is 1.59. The molecule has 0 radical (unpaired) electrons. The van der Waals surface area contributed by atoms with E-state index in [0.29, 0.717) is 11.3 Å². The van der Waals surface area contributed by atoms with Gasteiger partial charge in [-0.1, -0.05) is 11.8 Å². The van der Waals surface area contributed by atoms with Gasteiger partial charge in [0.25, 0.3) is 5.91 Å². The summed E-state index contributed by atoms with van der Waals surface area (Å²) in [7, 11) is 7.79. The van der Waals surface area contributed by atoms with Gasteiger partial charge in [0.1, 0.15) is 6.54 Å². The van der Waals surface area contributed by atoms with E-state index in [9.17, 15) is 9.59 Å². The van der Waals surface area contributed by atoms with E-state index in [2.05, 4.69) is 16.7 Å². The Morgan fingerprint density at radius 1 is 1.04 bits per heavy atom. The number of benzene rings is 2. The van der Waals surface area contributed by atoms with Crippen molar-refractivity contribution in [1.82, 2.24) is 5.32 Å². The Bertz CT molecular complexity index is 918. The van der Waals surface area contributed by atoms with E-state index in [0.717, 1.165) is 26.9 Å². The fraction of sp³-hybridized carbons (Fsp3) is 0.263. The Kier molecular flexibility index (Phi) is 7.28. The second-order valence-electron chi connectivity index (χ2n) is 6.64. The first kappa shape index (κ1) is 22.4. The van der Waals surface area contributed by atoms with Crippen molar-refractivity contribution in [3.05, 3.63) is 35.9 Å². The summed E-state index contributed by atoms with van der Waals surface area (Å²) in [5.74, 6) is -1.50. The molecule has 7 nitrogen and oxygen atoms in total. The quantitative estimate of drug-likeness (QED) is 0.556. The number of hydrogen-bond donors (Lipinski definition) is 3. The molecule has 9 heteroatoms. The van der Waals surface area contributed by atoms with Crippen LogP contribution in [0.15, 0.2) is 40.1 Å². The minimum absolute atomic E-state index is 0. The van der Waals surface area contributed by atoms with Gasteiger partial charge in [0, 0.05) is 49.4 Å². The molecule has 0 aliphatic carbocycles. The average molecular weight is 410 g/mol. The summed E-state index contributed by atoms with van der Waals surface area (Å²) in [6.07, 6.45) is 0. The fourth-order valence-electron chi connectivity index (χ4n) is 2.73. The van der Waals surface area contributed by atoms with Crippen LogP contribution >= 0.6 is 11.8 Å². The zero-order chi connectivity index (χ0) is 19.7.